The second kappa shape index (κ2) is 5.79. The van der Waals surface area contributed by atoms with Gasteiger partial charge in [-0.3, -0.25) is 10.1 Å². The molecule has 0 amide bonds. The third-order valence-corrected chi connectivity index (χ3v) is 4.11. The van der Waals surface area contributed by atoms with Crippen LogP contribution >= 0.6 is 0 Å². The standard InChI is InChI=1S/C15H22N2O3/c1-10-4-5-11(2)16(9-10)14-7-6-13(12(3)18)8-15(14)17(19)20/h6-8,10-12,18H,4-5,9H2,1-3H3. The van der Waals surface area contributed by atoms with Crippen molar-refractivity contribution in [2.75, 3.05) is 11.4 Å². The second-order valence-corrected chi connectivity index (χ2v) is 5.87. The van der Waals surface area contributed by atoms with Crippen molar-refractivity contribution < 1.29 is 10.0 Å². The summed E-state index contributed by atoms with van der Waals surface area (Å²) in [7, 11) is 0. The normalized spacial score (nSPS) is 24.5. The minimum absolute atomic E-state index is 0.0874. The monoisotopic (exact) mass is 278 g/mol. The Labute approximate surface area is 119 Å². The molecule has 0 bridgehead atoms. The first-order chi connectivity index (χ1) is 9.40. The fourth-order valence-electron chi connectivity index (χ4n) is 2.81. The smallest absolute Gasteiger partial charge is 0.292 e. The van der Waals surface area contributed by atoms with E-state index in [1.54, 1.807) is 19.1 Å². The molecule has 1 fully saturated rings. The first-order valence-corrected chi connectivity index (χ1v) is 7.13. The van der Waals surface area contributed by atoms with Gasteiger partial charge >= 0.3 is 0 Å². The largest absolute Gasteiger partial charge is 0.389 e. The summed E-state index contributed by atoms with van der Waals surface area (Å²) >= 11 is 0. The van der Waals surface area contributed by atoms with Gasteiger partial charge in [0.15, 0.2) is 0 Å². The van der Waals surface area contributed by atoms with Gasteiger partial charge in [0.1, 0.15) is 5.69 Å². The topological polar surface area (TPSA) is 66.6 Å². The van der Waals surface area contributed by atoms with Crippen molar-refractivity contribution in [1.29, 1.82) is 0 Å². The van der Waals surface area contributed by atoms with E-state index in [1.165, 1.54) is 6.07 Å². The van der Waals surface area contributed by atoms with Crippen LogP contribution in [0.2, 0.25) is 0 Å². The van der Waals surface area contributed by atoms with Gasteiger partial charge in [-0.15, -0.1) is 0 Å². The van der Waals surface area contributed by atoms with Crippen LogP contribution in [0.1, 0.15) is 45.3 Å². The summed E-state index contributed by atoms with van der Waals surface area (Å²) in [6.45, 7) is 6.74. The van der Waals surface area contributed by atoms with E-state index in [-0.39, 0.29) is 10.6 Å². The van der Waals surface area contributed by atoms with Gasteiger partial charge in [-0.25, -0.2) is 0 Å². The van der Waals surface area contributed by atoms with E-state index in [2.05, 4.69) is 18.7 Å². The fourth-order valence-corrected chi connectivity index (χ4v) is 2.81. The Balaban J connectivity index is 2.42. The summed E-state index contributed by atoms with van der Waals surface area (Å²) in [5.74, 6) is 0.544. The highest BCUT2D eigenvalue weighted by Gasteiger charge is 2.28. The predicted octanol–water partition coefficient (Wildman–Crippen LogP) is 3.27. The van der Waals surface area contributed by atoms with Gasteiger partial charge in [-0.1, -0.05) is 13.0 Å². The number of aliphatic hydroxyl groups is 1. The molecule has 110 valence electrons. The van der Waals surface area contributed by atoms with E-state index in [9.17, 15) is 15.2 Å². The Kier molecular flexibility index (Phi) is 4.28. The molecule has 0 saturated carbocycles. The van der Waals surface area contributed by atoms with E-state index < -0.39 is 6.10 Å². The highest BCUT2D eigenvalue weighted by molar-refractivity contribution is 5.65. The average molecular weight is 278 g/mol. The molecule has 3 atom stereocenters. The van der Waals surface area contributed by atoms with Crippen LogP contribution in [0, 0.1) is 16.0 Å². The minimum atomic E-state index is -0.694. The van der Waals surface area contributed by atoms with Crippen LogP contribution in [0.3, 0.4) is 0 Å². The van der Waals surface area contributed by atoms with Crippen LogP contribution in [0.15, 0.2) is 18.2 Å². The molecule has 1 aliphatic heterocycles. The van der Waals surface area contributed by atoms with Crippen molar-refractivity contribution >= 4 is 11.4 Å². The summed E-state index contributed by atoms with van der Waals surface area (Å²) in [6, 6.07) is 5.35. The first-order valence-electron chi connectivity index (χ1n) is 7.13. The van der Waals surface area contributed by atoms with E-state index >= 15 is 0 Å². The quantitative estimate of drug-likeness (QED) is 0.680. The van der Waals surface area contributed by atoms with Crippen LogP contribution < -0.4 is 4.90 Å². The molecule has 0 aromatic heterocycles. The lowest BCUT2D eigenvalue weighted by atomic mass is 9.94. The molecule has 20 heavy (non-hydrogen) atoms. The number of rotatable bonds is 3. The average Bonchev–Trinajstić information content (AvgIpc) is 2.40. The van der Waals surface area contributed by atoms with Crippen molar-refractivity contribution in [3.05, 3.63) is 33.9 Å². The van der Waals surface area contributed by atoms with Crippen molar-refractivity contribution in [3.8, 4) is 0 Å². The maximum absolute atomic E-state index is 11.3. The Hall–Kier alpha value is -1.62. The van der Waals surface area contributed by atoms with E-state index in [1.807, 2.05) is 0 Å². The van der Waals surface area contributed by atoms with Crippen LogP contribution in [0.5, 0.6) is 0 Å². The summed E-state index contributed by atoms with van der Waals surface area (Å²) in [5.41, 5.74) is 1.33. The fraction of sp³-hybridized carbons (Fsp3) is 0.600. The molecule has 1 saturated heterocycles. The Morgan fingerprint density at radius 1 is 1.40 bits per heavy atom. The molecule has 1 aromatic rings. The second-order valence-electron chi connectivity index (χ2n) is 5.87. The van der Waals surface area contributed by atoms with E-state index in [0.29, 0.717) is 23.2 Å². The number of nitrogens with zero attached hydrogens (tertiary/aromatic N) is 2. The SMILES string of the molecule is CC1CCC(C)N(c2ccc(C(C)O)cc2[N+](=O)[O-])C1. The molecule has 0 aliphatic carbocycles. The number of hydrogen-bond acceptors (Lipinski definition) is 4. The molecule has 3 unspecified atom stereocenters. The zero-order chi connectivity index (χ0) is 14.9. The van der Waals surface area contributed by atoms with E-state index in [0.717, 1.165) is 19.4 Å². The van der Waals surface area contributed by atoms with Gasteiger partial charge in [-0.05, 0) is 44.2 Å². The van der Waals surface area contributed by atoms with Gasteiger partial charge in [-0.2, -0.15) is 0 Å². The number of piperidine rings is 1. The van der Waals surface area contributed by atoms with Gasteiger partial charge in [0.05, 0.1) is 11.0 Å². The molecule has 5 heteroatoms. The Morgan fingerprint density at radius 3 is 2.70 bits per heavy atom. The summed E-state index contributed by atoms with van der Waals surface area (Å²) < 4.78 is 0. The third kappa shape index (κ3) is 2.93. The molecule has 2 rings (SSSR count). The lowest BCUT2D eigenvalue weighted by Crippen LogP contribution is -2.41. The van der Waals surface area contributed by atoms with E-state index in [4.69, 9.17) is 0 Å². The molecule has 1 aliphatic rings. The predicted molar refractivity (Wildman–Crippen MR) is 78.9 cm³/mol. The molecular weight excluding hydrogens is 256 g/mol. The molecular formula is C15H22N2O3. The maximum atomic E-state index is 11.3. The molecule has 1 aromatic carbocycles. The van der Waals surface area contributed by atoms with Gasteiger partial charge in [0, 0.05) is 18.7 Å². The van der Waals surface area contributed by atoms with Gasteiger partial charge in [0.2, 0.25) is 0 Å². The molecule has 1 N–H and O–H groups in total. The highest BCUT2D eigenvalue weighted by Crippen LogP contribution is 2.35. The van der Waals surface area contributed by atoms with Crippen LogP contribution in [-0.4, -0.2) is 22.6 Å². The number of aliphatic hydroxyl groups excluding tert-OH is 1. The molecule has 1 heterocycles. The van der Waals surface area contributed by atoms with Crippen molar-refractivity contribution in [2.45, 2.75) is 45.8 Å². The number of benzene rings is 1. The zero-order valence-corrected chi connectivity index (χ0v) is 12.2. The van der Waals surface area contributed by atoms with Gasteiger partial charge < -0.3 is 10.0 Å². The third-order valence-electron chi connectivity index (χ3n) is 4.11. The Morgan fingerprint density at radius 2 is 2.10 bits per heavy atom. The lowest BCUT2D eigenvalue weighted by molar-refractivity contribution is -0.384. The van der Waals surface area contributed by atoms with Crippen LogP contribution in [0.25, 0.3) is 0 Å². The number of nitro groups is 1. The zero-order valence-electron chi connectivity index (χ0n) is 12.2. The van der Waals surface area contributed by atoms with Crippen LogP contribution in [-0.2, 0) is 0 Å². The summed E-state index contributed by atoms with van der Waals surface area (Å²) in [5, 5.41) is 20.9. The van der Waals surface area contributed by atoms with Crippen LogP contribution in [0.4, 0.5) is 11.4 Å². The van der Waals surface area contributed by atoms with Crippen molar-refractivity contribution in [3.63, 3.8) is 0 Å². The number of anilines is 1. The minimum Gasteiger partial charge on any atom is -0.389 e. The number of nitro benzene ring substituents is 1. The summed E-state index contributed by atoms with van der Waals surface area (Å²) in [6.07, 6.45) is 1.52. The van der Waals surface area contributed by atoms with Crippen molar-refractivity contribution in [1.82, 2.24) is 0 Å². The molecule has 0 spiro atoms. The number of hydrogen-bond donors (Lipinski definition) is 1. The first kappa shape index (κ1) is 14.8. The summed E-state index contributed by atoms with van der Waals surface area (Å²) in [4.78, 5) is 13.1. The van der Waals surface area contributed by atoms with Crippen molar-refractivity contribution in [2.24, 2.45) is 5.92 Å². The molecule has 0 radical (unpaired) electrons. The maximum Gasteiger partial charge on any atom is 0.292 e. The Bertz CT molecular complexity index is 502. The lowest BCUT2D eigenvalue weighted by Gasteiger charge is -2.38. The van der Waals surface area contributed by atoms with Gasteiger partial charge in [0.25, 0.3) is 5.69 Å². The highest BCUT2D eigenvalue weighted by atomic mass is 16.6. The molecule has 5 nitrogen and oxygen atoms in total.